The number of methoxy groups -OCH3 is 1. The molecule has 0 saturated carbocycles. The average Bonchev–Trinajstić information content (AvgIpc) is 3.18. The van der Waals surface area contributed by atoms with Crippen LogP contribution in [0.25, 0.3) is 10.9 Å². The van der Waals surface area contributed by atoms with E-state index >= 15 is 0 Å². The third-order valence-electron chi connectivity index (χ3n) is 8.13. The minimum atomic E-state index is -0.148. The molecule has 1 aromatic heterocycles. The molecule has 1 atom stereocenters. The number of aliphatic hydroxyl groups excluding tert-OH is 1. The Morgan fingerprint density at radius 3 is 2.60 bits per heavy atom. The molecule has 186 valence electrons. The number of hydrogen-bond acceptors (Lipinski definition) is 4. The average molecular weight is 496 g/mol. The van der Waals surface area contributed by atoms with Crippen LogP contribution in [-0.4, -0.2) is 58.7 Å². The quantitative estimate of drug-likeness (QED) is 0.559. The predicted octanol–water partition coefficient (Wildman–Crippen LogP) is 4.66. The van der Waals surface area contributed by atoms with E-state index in [2.05, 4.69) is 34.7 Å². The zero-order valence-electron chi connectivity index (χ0n) is 20.8. The second kappa shape index (κ2) is 9.49. The first kappa shape index (κ1) is 24.2. The Bertz CT molecular complexity index is 1250. The van der Waals surface area contributed by atoms with Crippen molar-refractivity contribution in [2.24, 2.45) is 7.05 Å². The van der Waals surface area contributed by atoms with Crippen molar-refractivity contribution < 1.29 is 14.6 Å². The van der Waals surface area contributed by atoms with E-state index in [9.17, 15) is 9.90 Å². The Morgan fingerprint density at radius 2 is 1.94 bits per heavy atom. The van der Waals surface area contributed by atoms with Crippen molar-refractivity contribution in [1.29, 1.82) is 0 Å². The second-order valence-electron chi connectivity index (χ2n) is 9.91. The minimum Gasteiger partial charge on any atom is -0.497 e. The normalized spacial score (nSPS) is 19.8. The summed E-state index contributed by atoms with van der Waals surface area (Å²) in [5.74, 6) is 1.04. The number of ether oxygens (including phenoxy) is 1. The Morgan fingerprint density at radius 1 is 1.20 bits per heavy atom. The van der Waals surface area contributed by atoms with E-state index in [1.807, 2.05) is 36.1 Å². The lowest BCUT2D eigenvalue weighted by atomic mass is 9.68. The van der Waals surface area contributed by atoms with Crippen molar-refractivity contribution in [2.45, 2.75) is 44.2 Å². The molecule has 7 heteroatoms. The molecule has 3 aromatic rings. The molecular formula is C28H34ClN3O3. The predicted molar refractivity (Wildman–Crippen MR) is 139 cm³/mol. The van der Waals surface area contributed by atoms with Crippen molar-refractivity contribution >= 4 is 28.4 Å². The first-order valence-corrected chi connectivity index (χ1v) is 12.8. The third-order valence-corrected chi connectivity index (χ3v) is 8.49. The van der Waals surface area contributed by atoms with Gasteiger partial charge in [-0.2, -0.15) is 0 Å². The number of carbonyl (C=O) groups is 1. The molecule has 5 rings (SSSR count). The van der Waals surface area contributed by atoms with Crippen molar-refractivity contribution in [2.75, 3.05) is 33.4 Å². The summed E-state index contributed by atoms with van der Waals surface area (Å²) in [5.41, 5.74) is 4.55. The van der Waals surface area contributed by atoms with Gasteiger partial charge in [0.2, 0.25) is 5.91 Å². The van der Waals surface area contributed by atoms with Gasteiger partial charge in [-0.25, -0.2) is 0 Å². The van der Waals surface area contributed by atoms with Crippen LogP contribution in [0, 0.1) is 0 Å². The lowest BCUT2D eigenvalue weighted by molar-refractivity contribution is -0.132. The second-order valence-corrected chi connectivity index (χ2v) is 10.3. The van der Waals surface area contributed by atoms with E-state index < -0.39 is 0 Å². The van der Waals surface area contributed by atoms with Gasteiger partial charge in [0.15, 0.2) is 0 Å². The number of halogens is 1. The van der Waals surface area contributed by atoms with Gasteiger partial charge in [-0.15, -0.1) is 0 Å². The van der Waals surface area contributed by atoms with Gasteiger partial charge in [0.25, 0.3) is 0 Å². The van der Waals surface area contributed by atoms with Crippen LogP contribution < -0.4 is 4.74 Å². The molecule has 1 saturated heterocycles. The summed E-state index contributed by atoms with van der Waals surface area (Å²) in [6.07, 6.45) is 2.33. The summed E-state index contributed by atoms with van der Waals surface area (Å²) < 4.78 is 7.77. The Labute approximate surface area is 212 Å². The molecule has 2 aliphatic rings. The summed E-state index contributed by atoms with van der Waals surface area (Å²) in [4.78, 5) is 16.9. The van der Waals surface area contributed by atoms with Gasteiger partial charge in [-0.05, 0) is 42.2 Å². The molecular weight excluding hydrogens is 462 g/mol. The Kier molecular flexibility index (Phi) is 6.55. The summed E-state index contributed by atoms with van der Waals surface area (Å²) in [7, 11) is 3.78. The Hall–Kier alpha value is -2.54. The number of hydrogen-bond donors (Lipinski definition) is 1. The number of carbonyl (C=O) groups excluding carboxylic acids is 1. The van der Waals surface area contributed by atoms with Gasteiger partial charge in [0.05, 0.1) is 25.3 Å². The van der Waals surface area contributed by atoms with Crippen LogP contribution >= 0.6 is 11.6 Å². The van der Waals surface area contributed by atoms with Gasteiger partial charge in [0, 0.05) is 67.2 Å². The van der Waals surface area contributed by atoms with E-state index in [-0.39, 0.29) is 24.0 Å². The number of aliphatic hydroxyl groups is 1. The van der Waals surface area contributed by atoms with Gasteiger partial charge >= 0.3 is 0 Å². The third kappa shape index (κ3) is 4.02. The summed E-state index contributed by atoms with van der Waals surface area (Å²) in [5, 5.41) is 12.6. The number of rotatable bonds is 5. The number of nitrogens with zero attached hydrogens (tertiary/aromatic N) is 3. The highest BCUT2D eigenvalue weighted by molar-refractivity contribution is 6.31. The lowest BCUT2D eigenvalue weighted by Gasteiger charge is -2.50. The molecule has 0 aliphatic carbocycles. The smallest absolute Gasteiger partial charge is 0.222 e. The van der Waals surface area contributed by atoms with Crippen LogP contribution in [0.3, 0.4) is 0 Å². The number of amides is 1. The molecule has 35 heavy (non-hydrogen) atoms. The molecule has 1 amide bonds. The molecule has 1 spiro atoms. The van der Waals surface area contributed by atoms with E-state index in [4.69, 9.17) is 16.3 Å². The fourth-order valence-electron chi connectivity index (χ4n) is 6.29. The zero-order chi connectivity index (χ0) is 24.7. The van der Waals surface area contributed by atoms with E-state index in [1.165, 1.54) is 10.9 Å². The molecule has 2 aromatic carbocycles. The topological polar surface area (TPSA) is 57.9 Å². The lowest BCUT2D eigenvalue weighted by Crippen LogP contribution is -2.54. The number of aryl methyl sites for hydroxylation is 1. The molecule has 3 heterocycles. The fourth-order valence-corrected chi connectivity index (χ4v) is 6.49. The highest BCUT2D eigenvalue weighted by Crippen LogP contribution is 2.50. The summed E-state index contributed by atoms with van der Waals surface area (Å²) in [6.45, 7) is 4.94. The molecule has 6 nitrogen and oxygen atoms in total. The number of fused-ring (bicyclic) bond motifs is 4. The van der Waals surface area contributed by atoms with Crippen LogP contribution in [0.1, 0.15) is 49.0 Å². The standard InChI is InChI=1S/C28H34ClN3O3/c1-4-25(34)31-13-11-28(12-14-31)18-32(16-19-7-5-6-8-22(19)29)24(17-33)27-26(28)21-10-9-20(35-3)15-23(21)30(27)2/h5-10,15,24,33H,4,11-14,16-18H2,1-3H3/t24-/m0/s1. The summed E-state index contributed by atoms with van der Waals surface area (Å²) in [6, 6.07) is 14.1. The van der Waals surface area contributed by atoms with Crippen LogP contribution in [0.5, 0.6) is 5.75 Å². The Balaban J connectivity index is 1.65. The SMILES string of the molecule is CCC(=O)N1CCC2(CC1)CN(Cc1ccccc1Cl)[C@@H](CO)c1c2c2ccc(OC)cc2n1C. The van der Waals surface area contributed by atoms with Crippen LogP contribution in [0.15, 0.2) is 42.5 Å². The first-order chi connectivity index (χ1) is 16.9. The van der Waals surface area contributed by atoms with Crippen LogP contribution in [0.4, 0.5) is 0 Å². The zero-order valence-corrected chi connectivity index (χ0v) is 21.5. The monoisotopic (exact) mass is 495 g/mol. The van der Waals surface area contributed by atoms with E-state index in [0.717, 1.165) is 60.0 Å². The maximum atomic E-state index is 12.5. The van der Waals surface area contributed by atoms with E-state index in [1.54, 1.807) is 7.11 Å². The van der Waals surface area contributed by atoms with Crippen LogP contribution in [0.2, 0.25) is 5.02 Å². The first-order valence-electron chi connectivity index (χ1n) is 12.5. The van der Waals surface area contributed by atoms with Gasteiger partial charge < -0.3 is 19.3 Å². The summed E-state index contributed by atoms with van der Waals surface area (Å²) >= 11 is 6.56. The largest absolute Gasteiger partial charge is 0.497 e. The van der Waals surface area contributed by atoms with Crippen molar-refractivity contribution in [3.05, 3.63) is 64.3 Å². The maximum absolute atomic E-state index is 12.5. The van der Waals surface area contributed by atoms with Crippen molar-refractivity contribution in [3.8, 4) is 5.75 Å². The van der Waals surface area contributed by atoms with Crippen molar-refractivity contribution in [1.82, 2.24) is 14.4 Å². The molecule has 0 bridgehead atoms. The maximum Gasteiger partial charge on any atom is 0.222 e. The molecule has 2 aliphatic heterocycles. The van der Waals surface area contributed by atoms with Gasteiger partial charge in [-0.3, -0.25) is 9.69 Å². The number of aromatic nitrogens is 1. The number of benzene rings is 2. The molecule has 0 radical (unpaired) electrons. The fraction of sp³-hybridized carbons (Fsp3) is 0.464. The van der Waals surface area contributed by atoms with E-state index in [0.29, 0.717) is 13.0 Å². The highest BCUT2D eigenvalue weighted by Gasteiger charge is 2.48. The number of likely N-dealkylation sites (tertiary alicyclic amines) is 1. The minimum absolute atomic E-state index is 0.0231. The van der Waals surface area contributed by atoms with Crippen molar-refractivity contribution in [3.63, 3.8) is 0 Å². The van der Waals surface area contributed by atoms with Crippen LogP contribution in [-0.2, 0) is 23.8 Å². The molecule has 1 N–H and O–H groups in total. The van der Waals surface area contributed by atoms with Gasteiger partial charge in [0.1, 0.15) is 5.75 Å². The highest BCUT2D eigenvalue weighted by atomic mass is 35.5. The molecule has 1 fully saturated rings. The molecule has 0 unspecified atom stereocenters. The van der Waals surface area contributed by atoms with Gasteiger partial charge in [-0.1, -0.05) is 36.7 Å². The number of piperidine rings is 1.